The van der Waals surface area contributed by atoms with Crippen LogP contribution in [0.1, 0.15) is 42.4 Å². The number of ether oxygens (including phenoxy) is 1. The van der Waals surface area contributed by atoms with Gasteiger partial charge < -0.3 is 9.64 Å². The molecule has 0 atom stereocenters. The lowest BCUT2D eigenvalue weighted by Gasteiger charge is -2.28. The topological polar surface area (TPSA) is 55.3 Å². The monoisotopic (exact) mass is 248 g/mol. The van der Waals surface area contributed by atoms with Crippen molar-refractivity contribution in [3.63, 3.8) is 0 Å². The predicted octanol–water partition coefficient (Wildman–Crippen LogP) is 1.75. The zero-order chi connectivity index (χ0) is 13.0. The first-order chi connectivity index (χ1) is 8.72. The van der Waals surface area contributed by atoms with Gasteiger partial charge in [0.1, 0.15) is 6.20 Å². The molecule has 1 radical (unpaired) electrons. The van der Waals surface area contributed by atoms with Crippen molar-refractivity contribution < 1.29 is 9.53 Å². The number of nitrogens with zero attached hydrogens (tertiary/aromatic N) is 3. The van der Waals surface area contributed by atoms with E-state index in [9.17, 15) is 4.79 Å². The minimum atomic E-state index is -0.460. The van der Waals surface area contributed by atoms with E-state index in [0.29, 0.717) is 6.61 Å². The molecule has 5 nitrogen and oxygen atoms in total. The van der Waals surface area contributed by atoms with Crippen LogP contribution in [0.4, 0.5) is 5.82 Å². The van der Waals surface area contributed by atoms with Crippen molar-refractivity contribution >= 4 is 11.8 Å². The van der Waals surface area contributed by atoms with Crippen molar-refractivity contribution in [2.24, 2.45) is 0 Å². The molecule has 5 heteroatoms. The molecule has 0 spiro atoms. The molecule has 97 valence electrons. The van der Waals surface area contributed by atoms with Gasteiger partial charge in [-0.05, 0) is 33.1 Å². The Balaban J connectivity index is 2.16. The van der Waals surface area contributed by atoms with E-state index in [2.05, 4.69) is 21.1 Å². The van der Waals surface area contributed by atoms with Crippen molar-refractivity contribution in [3.05, 3.63) is 17.6 Å². The fraction of sp³-hybridized carbons (Fsp3) is 0.615. The molecule has 0 amide bonds. The summed E-state index contributed by atoms with van der Waals surface area (Å²) < 4.78 is 4.88. The number of esters is 1. The van der Waals surface area contributed by atoms with Gasteiger partial charge in [-0.25, -0.2) is 14.8 Å². The highest BCUT2D eigenvalue weighted by Gasteiger charge is 2.17. The summed E-state index contributed by atoms with van der Waals surface area (Å²) in [6.07, 6.45) is 6.32. The van der Waals surface area contributed by atoms with E-state index < -0.39 is 5.97 Å². The van der Waals surface area contributed by atoms with Crippen LogP contribution in [-0.2, 0) is 4.74 Å². The molecule has 0 saturated carbocycles. The van der Waals surface area contributed by atoms with Crippen LogP contribution < -0.4 is 4.90 Å². The summed E-state index contributed by atoms with van der Waals surface area (Å²) in [4.78, 5) is 22.2. The van der Waals surface area contributed by atoms with Crippen LogP contribution in [0.5, 0.6) is 0 Å². The standard InChI is InChI=1S/C13H18N3O2/c1-3-18-13(17)11-9-14-12(10(2)15-11)16-7-5-4-6-8-16/h3-8H2,1-2H3. The van der Waals surface area contributed by atoms with Gasteiger partial charge in [0.25, 0.3) is 0 Å². The van der Waals surface area contributed by atoms with Gasteiger partial charge in [0.05, 0.1) is 12.3 Å². The van der Waals surface area contributed by atoms with E-state index in [4.69, 9.17) is 4.74 Å². The molecule has 18 heavy (non-hydrogen) atoms. The lowest BCUT2D eigenvalue weighted by atomic mass is 10.1. The second-order valence-electron chi connectivity index (χ2n) is 4.36. The van der Waals surface area contributed by atoms with Crippen molar-refractivity contribution in [1.29, 1.82) is 0 Å². The van der Waals surface area contributed by atoms with Crippen LogP contribution >= 0.6 is 0 Å². The first-order valence-electron chi connectivity index (χ1n) is 6.40. The van der Waals surface area contributed by atoms with Crippen LogP contribution in [-0.4, -0.2) is 35.6 Å². The third-order valence-corrected chi connectivity index (χ3v) is 3.00. The Morgan fingerprint density at radius 1 is 1.39 bits per heavy atom. The van der Waals surface area contributed by atoms with Gasteiger partial charge in [-0.2, -0.15) is 0 Å². The smallest absolute Gasteiger partial charge is 0.359 e. The molecule has 1 fully saturated rings. The van der Waals surface area contributed by atoms with E-state index in [1.165, 1.54) is 19.3 Å². The van der Waals surface area contributed by atoms with Gasteiger partial charge in [-0.3, -0.25) is 0 Å². The summed E-state index contributed by atoms with van der Waals surface area (Å²) in [6.45, 7) is 5.97. The number of rotatable bonds is 3. The highest BCUT2D eigenvalue weighted by Crippen LogP contribution is 2.19. The summed E-state index contributed by atoms with van der Waals surface area (Å²) in [5.74, 6) is 0.376. The molecular formula is C13H18N3O2. The molecule has 2 heterocycles. The Labute approximate surface area is 107 Å². The van der Waals surface area contributed by atoms with E-state index >= 15 is 0 Å². The van der Waals surface area contributed by atoms with Gasteiger partial charge >= 0.3 is 5.97 Å². The number of carbonyl (C=O) groups is 1. The molecule has 2 rings (SSSR count). The average molecular weight is 248 g/mol. The molecule has 1 aromatic rings. The normalized spacial score (nSPS) is 15.6. The highest BCUT2D eigenvalue weighted by molar-refractivity contribution is 5.86. The number of piperidine rings is 1. The maximum Gasteiger partial charge on any atom is 0.359 e. The summed E-state index contributed by atoms with van der Waals surface area (Å²) in [5, 5.41) is 0. The Morgan fingerprint density at radius 2 is 2.11 bits per heavy atom. The summed E-state index contributed by atoms with van der Waals surface area (Å²) in [7, 11) is 0. The summed E-state index contributed by atoms with van der Waals surface area (Å²) in [6, 6.07) is 0. The second-order valence-corrected chi connectivity index (χ2v) is 4.36. The fourth-order valence-electron chi connectivity index (χ4n) is 2.13. The largest absolute Gasteiger partial charge is 0.461 e. The number of anilines is 1. The molecule has 1 aliphatic rings. The van der Waals surface area contributed by atoms with Gasteiger partial charge in [-0.15, -0.1) is 0 Å². The highest BCUT2D eigenvalue weighted by atomic mass is 16.5. The molecule has 0 N–H and O–H groups in total. The zero-order valence-electron chi connectivity index (χ0n) is 10.9. The van der Waals surface area contributed by atoms with Crippen LogP contribution in [0.25, 0.3) is 0 Å². The van der Waals surface area contributed by atoms with Crippen molar-refractivity contribution in [3.8, 4) is 0 Å². The molecule has 1 saturated heterocycles. The number of hydrogen-bond donors (Lipinski definition) is 0. The van der Waals surface area contributed by atoms with Crippen LogP contribution in [0.3, 0.4) is 0 Å². The van der Waals surface area contributed by atoms with Crippen LogP contribution in [0, 0.1) is 13.1 Å². The maximum atomic E-state index is 11.5. The van der Waals surface area contributed by atoms with Gasteiger partial charge in [0.15, 0.2) is 11.5 Å². The van der Waals surface area contributed by atoms with Crippen molar-refractivity contribution in [2.75, 3.05) is 24.6 Å². The number of hydrogen-bond acceptors (Lipinski definition) is 5. The first-order valence-corrected chi connectivity index (χ1v) is 6.40. The Bertz CT molecular complexity index is 428. The third kappa shape index (κ3) is 2.78. The quantitative estimate of drug-likeness (QED) is 0.763. The molecule has 0 aromatic carbocycles. The molecule has 0 aliphatic carbocycles. The Hall–Kier alpha value is -1.65. The fourth-order valence-corrected chi connectivity index (χ4v) is 2.13. The maximum absolute atomic E-state index is 11.5. The molecular weight excluding hydrogens is 230 g/mol. The Morgan fingerprint density at radius 3 is 2.72 bits per heavy atom. The average Bonchev–Trinajstić information content (AvgIpc) is 2.40. The number of aryl methyl sites for hydroxylation is 1. The predicted molar refractivity (Wildman–Crippen MR) is 67.6 cm³/mol. The van der Waals surface area contributed by atoms with E-state index in [0.717, 1.165) is 24.6 Å². The number of carbonyl (C=O) groups excluding carboxylic acids is 1. The summed E-state index contributed by atoms with van der Waals surface area (Å²) in [5.41, 5.74) is 0.925. The van der Waals surface area contributed by atoms with Crippen molar-refractivity contribution in [1.82, 2.24) is 9.97 Å². The van der Waals surface area contributed by atoms with Crippen molar-refractivity contribution in [2.45, 2.75) is 33.1 Å². The molecule has 1 aliphatic heterocycles. The van der Waals surface area contributed by atoms with E-state index in [-0.39, 0.29) is 5.69 Å². The number of aromatic nitrogens is 2. The van der Waals surface area contributed by atoms with E-state index in [1.54, 1.807) is 6.92 Å². The lowest BCUT2D eigenvalue weighted by molar-refractivity contribution is 0.0518. The third-order valence-electron chi connectivity index (χ3n) is 3.00. The van der Waals surface area contributed by atoms with Gasteiger partial charge in [0, 0.05) is 13.1 Å². The van der Waals surface area contributed by atoms with Crippen LogP contribution in [0.15, 0.2) is 0 Å². The SMILES string of the molecule is CCOC(=O)c1[c]nc(N2CCCCC2)c(C)n1. The minimum Gasteiger partial charge on any atom is -0.461 e. The minimum absolute atomic E-state index is 0.162. The Kier molecular flexibility index (Phi) is 4.12. The molecule has 0 unspecified atom stereocenters. The zero-order valence-corrected chi connectivity index (χ0v) is 10.9. The van der Waals surface area contributed by atoms with Gasteiger partial charge in [-0.1, -0.05) is 0 Å². The van der Waals surface area contributed by atoms with Gasteiger partial charge in [0.2, 0.25) is 0 Å². The van der Waals surface area contributed by atoms with E-state index in [1.807, 2.05) is 6.92 Å². The lowest BCUT2D eigenvalue weighted by Crippen LogP contribution is -2.31. The summed E-state index contributed by atoms with van der Waals surface area (Å²) >= 11 is 0. The molecule has 0 bridgehead atoms. The van der Waals surface area contributed by atoms with Crippen LogP contribution in [0.2, 0.25) is 0 Å². The first kappa shape index (κ1) is 12.8. The second kappa shape index (κ2) is 5.80. The molecule has 1 aromatic heterocycles.